The molecular weight excluding hydrogens is 242 g/mol. The second kappa shape index (κ2) is 3.83. The second-order valence-corrected chi connectivity index (χ2v) is 4.29. The molecule has 3 nitrogen and oxygen atoms in total. The summed E-state index contributed by atoms with van der Waals surface area (Å²) in [6.45, 7) is 1.97. The van der Waals surface area contributed by atoms with Crippen LogP contribution < -0.4 is 0 Å². The van der Waals surface area contributed by atoms with Gasteiger partial charge in [-0.2, -0.15) is 0 Å². The fraction of sp³-hybridized carbons (Fsp3) is 0.571. The zero-order valence-electron chi connectivity index (χ0n) is 6.87. The Morgan fingerprint density at radius 2 is 2.50 bits per heavy atom. The second-order valence-electron chi connectivity index (χ2n) is 2.68. The summed E-state index contributed by atoms with van der Waals surface area (Å²) in [6.07, 6.45) is 0. The average molecular weight is 252 g/mol. The summed E-state index contributed by atoms with van der Waals surface area (Å²) in [7, 11) is 1.56. The number of ether oxygens (including phenoxy) is 1. The Labute approximate surface area is 83.5 Å². The third kappa shape index (κ3) is 2.04. The van der Waals surface area contributed by atoms with Crippen LogP contribution in [0.5, 0.6) is 0 Å². The van der Waals surface area contributed by atoms with E-state index in [4.69, 9.17) is 4.74 Å². The van der Waals surface area contributed by atoms with Gasteiger partial charge in [0.2, 0.25) is 0 Å². The summed E-state index contributed by atoms with van der Waals surface area (Å²) < 4.78 is 5.58. The highest BCUT2D eigenvalue weighted by Gasteiger charge is 2.27. The van der Waals surface area contributed by atoms with E-state index in [9.17, 15) is 5.11 Å². The van der Waals surface area contributed by atoms with Gasteiger partial charge in [0.05, 0.1) is 17.0 Å². The fourth-order valence-corrected chi connectivity index (χ4v) is 2.60. The Hall–Kier alpha value is 0.0300. The molecule has 5 heteroatoms. The van der Waals surface area contributed by atoms with Gasteiger partial charge in [0.25, 0.3) is 0 Å². The Morgan fingerprint density at radius 3 is 2.92 bits per heavy atom. The standard InChI is InChI=1S/C7H10BrNO2S/c1-7(10,3-11-2)5-6(8)9-4-12-5/h4,10H,3H2,1-2H3. The zero-order chi connectivity index (χ0) is 9.19. The molecule has 0 saturated carbocycles. The summed E-state index contributed by atoms with van der Waals surface area (Å²) in [5.41, 5.74) is 0.734. The van der Waals surface area contributed by atoms with E-state index in [1.807, 2.05) is 0 Å². The predicted molar refractivity (Wildman–Crippen MR) is 51.3 cm³/mol. The lowest BCUT2D eigenvalue weighted by Crippen LogP contribution is -2.26. The summed E-state index contributed by atoms with van der Waals surface area (Å²) in [5.74, 6) is 0. The molecule has 0 amide bonds. The van der Waals surface area contributed by atoms with Crippen molar-refractivity contribution in [2.75, 3.05) is 13.7 Å². The van der Waals surface area contributed by atoms with Gasteiger partial charge in [-0.1, -0.05) is 0 Å². The number of nitrogens with zero attached hydrogens (tertiary/aromatic N) is 1. The van der Waals surface area contributed by atoms with Crippen LogP contribution in [0, 0.1) is 0 Å². The number of aromatic nitrogens is 1. The lowest BCUT2D eigenvalue weighted by Gasteiger charge is -2.20. The molecule has 1 aromatic rings. The Bertz CT molecular complexity index is 262. The number of thiazole rings is 1. The van der Waals surface area contributed by atoms with Crippen molar-refractivity contribution in [3.8, 4) is 0 Å². The highest BCUT2D eigenvalue weighted by Crippen LogP contribution is 2.31. The van der Waals surface area contributed by atoms with Gasteiger partial charge in [-0.05, 0) is 22.9 Å². The molecule has 0 aliphatic rings. The first-order valence-corrected chi connectivity index (χ1v) is 5.06. The third-order valence-corrected chi connectivity index (χ3v) is 3.38. The lowest BCUT2D eigenvalue weighted by molar-refractivity contribution is -0.0187. The highest BCUT2D eigenvalue weighted by atomic mass is 79.9. The van der Waals surface area contributed by atoms with Crippen molar-refractivity contribution in [2.45, 2.75) is 12.5 Å². The van der Waals surface area contributed by atoms with Crippen LogP contribution in [-0.4, -0.2) is 23.8 Å². The SMILES string of the molecule is COCC(C)(O)c1scnc1Br. The van der Waals surface area contributed by atoms with Gasteiger partial charge in [0.1, 0.15) is 10.2 Å². The molecule has 1 unspecified atom stereocenters. The quantitative estimate of drug-likeness (QED) is 0.891. The van der Waals surface area contributed by atoms with Gasteiger partial charge in [0.15, 0.2) is 0 Å². The van der Waals surface area contributed by atoms with Crippen LogP contribution in [0.2, 0.25) is 0 Å². The van der Waals surface area contributed by atoms with E-state index in [-0.39, 0.29) is 6.61 Å². The first-order chi connectivity index (χ1) is 5.58. The molecule has 1 aromatic heterocycles. The molecule has 68 valence electrons. The molecule has 0 bridgehead atoms. The van der Waals surface area contributed by atoms with E-state index in [2.05, 4.69) is 20.9 Å². The van der Waals surface area contributed by atoms with Crippen LogP contribution in [0.15, 0.2) is 10.1 Å². The topological polar surface area (TPSA) is 42.4 Å². The number of hydrogen-bond donors (Lipinski definition) is 1. The van der Waals surface area contributed by atoms with Gasteiger partial charge >= 0.3 is 0 Å². The fourth-order valence-electron chi connectivity index (χ4n) is 0.928. The molecule has 1 N–H and O–H groups in total. The first kappa shape index (κ1) is 10.1. The number of methoxy groups -OCH3 is 1. The van der Waals surface area contributed by atoms with Gasteiger partial charge in [-0.3, -0.25) is 0 Å². The minimum atomic E-state index is -0.950. The molecule has 0 aromatic carbocycles. The normalized spacial score (nSPS) is 16.0. The molecule has 1 atom stereocenters. The molecule has 1 rings (SSSR count). The summed E-state index contributed by atoms with van der Waals surface area (Å²) in [5, 5.41) is 9.87. The van der Waals surface area contributed by atoms with Gasteiger partial charge < -0.3 is 9.84 Å². The Morgan fingerprint density at radius 1 is 1.83 bits per heavy atom. The predicted octanol–water partition coefficient (Wildman–Crippen LogP) is 1.76. The first-order valence-electron chi connectivity index (χ1n) is 3.38. The van der Waals surface area contributed by atoms with Crippen molar-refractivity contribution in [1.29, 1.82) is 0 Å². The van der Waals surface area contributed by atoms with E-state index in [1.54, 1.807) is 19.5 Å². The van der Waals surface area contributed by atoms with Gasteiger partial charge in [0, 0.05) is 7.11 Å². The molecule has 0 spiro atoms. The van der Waals surface area contributed by atoms with Crippen molar-refractivity contribution in [2.24, 2.45) is 0 Å². The van der Waals surface area contributed by atoms with Crippen molar-refractivity contribution in [3.05, 3.63) is 15.0 Å². The number of halogens is 1. The molecule has 0 aliphatic carbocycles. The molecule has 0 radical (unpaired) electrons. The molecule has 12 heavy (non-hydrogen) atoms. The highest BCUT2D eigenvalue weighted by molar-refractivity contribution is 9.10. The van der Waals surface area contributed by atoms with Crippen LogP contribution in [0.1, 0.15) is 11.8 Å². The minimum absolute atomic E-state index is 0.272. The van der Waals surface area contributed by atoms with E-state index in [0.717, 1.165) is 4.88 Å². The average Bonchev–Trinajstić information content (AvgIpc) is 2.35. The number of rotatable bonds is 3. The molecule has 0 saturated heterocycles. The molecule has 0 fully saturated rings. The zero-order valence-corrected chi connectivity index (χ0v) is 9.28. The lowest BCUT2D eigenvalue weighted by atomic mass is 10.1. The molecular formula is C7H10BrNO2S. The Kier molecular flexibility index (Phi) is 3.22. The van der Waals surface area contributed by atoms with E-state index >= 15 is 0 Å². The van der Waals surface area contributed by atoms with E-state index in [1.165, 1.54) is 11.3 Å². The maximum atomic E-state index is 9.87. The summed E-state index contributed by atoms with van der Waals surface area (Å²) >= 11 is 4.66. The van der Waals surface area contributed by atoms with E-state index in [0.29, 0.717) is 4.60 Å². The minimum Gasteiger partial charge on any atom is -0.382 e. The number of aliphatic hydroxyl groups is 1. The van der Waals surface area contributed by atoms with Crippen LogP contribution in [0.3, 0.4) is 0 Å². The maximum Gasteiger partial charge on any atom is 0.123 e. The van der Waals surface area contributed by atoms with Crippen LogP contribution in [0.25, 0.3) is 0 Å². The summed E-state index contributed by atoms with van der Waals surface area (Å²) in [4.78, 5) is 4.78. The van der Waals surface area contributed by atoms with Crippen LogP contribution in [0.4, 0.5) is 0 Å². The van der Waals surface area contributed by atoms with Crippen molar-refractivity contribution in [1.82, 2.24) is 4.98 Å². The van der Waals surface area contributed by atoms with E-state index < -0.39 is 5.60 Å². The monoisotopic (exact) mass is 251 g/mol. The van der Waals surface area contributed by atoms with Gasteiger partial charge in [-0.15, -0.1) is 11.3 Å². The smallest absolute Gasteiger partial charge is 0.123 e. The van der Waals surface area contributed by atoms with Crippen molar-refractivity contribution >= 4 is 27.3 Å². The van der Waals surface area contributed by atoms with Gasteiger partial charge in [-0.25, -0.2) is 4.98 Å². The van der Waals surface area contributed by atoms with Crippen molar-refractivity contribution in [3.63, 3.8) is 0 Å². The number of hydrogen-bond acceptors (Lipinski definition) is 4. The molecule has 1 heterocycles. The summed E-state index contributed by atoms with van der Waals surface area (Å²) in [6, 6.07) is 0. The third-order valence-electron chi connectivity index (χ3n) is 1.44. The van der Waals surface area contributed by atoms with Crippen molar-refractivity contribution < 1.29 is 9.84 Å². The maximum absolute atomic E-state index is 9.87. The Balaban J connectivity index is 2.88. The largest absolute Gasteiger partial charge is 0.382 e. The molecule has 0 aliphatic heterocycles. The van der Waals surface area contributed by atoms with Crippen LogP contribution >= 0.6 is 27.3 Å². The van der Waals surface area contributed by atoms with Crippen LogP contribution in [-0.2, 0) is 10.3 Å².